The van der Waals surface area contributed by atoms with Gasteiger partial charge in [-0.05, 0) is 49.4 Å². The van der Waals surface area contributed by atoms with Crippen molar-refractivity contribution >= 4 is 46.0 Å². The van der Waals surface area contributed by atoms with E-state index < -0.39 is 0 Å². The molecule has 2 aliphatic heterocycles. The number of fused-ring (bicyclic) bond motifs is 1. The second kappa shape index (κ2) is 8.05. The molecule has 4 rings (SSSR count). The summed E-state index contributed by atoms with van der Waals surface area (Å²) in [7, 11) is 2.03. The molecule has 144 valence electrons. The summed E-state index contributed by atoms with van der Waals surface area (Å²) in [6.07, 6.45) is 2.00. The molecular weight excluding hydrogens is 386 g/mol. The van der Waals surface area contributed by atoms with Crippen molar-refractivity contribution in [1.29, 1.82) is 0 Å². The van der Waals surface area contributed by atoms with Gasteiger partial charge < -0.3 is 4.90 Å². The van der Waals surface area contributed by atoms with Gasteiger partial charge in [0, 0.05) is 18.5 Å². The number of para-hydroxylation sites is 1. The van der Waals surface area contributed by atoms with Gasteiger partial charge in [0.05, 0.1) is 16.4 Å². The summed E-state index contributed by atoms with van der Waals surface area (Å²) in [4.78, 5) is 24.0. The summed E-state index contributed by atoms with van der Waals surface area (Å²) >= 11 is 3.16. The van der Waals surface area contributed by atoms with Crippen molar-refractivity contribution in [2.75, 3.05) is 18.5 Å². The molecule has 0 N–H and O–H groups in total. The number of aliphatic imine (C=N–C) groups is 1. The number of amides is 1. The highest BCUT2D eigenvalue weighted by Crippen LogP contribution is 2.49. The van der Waals surface area contributed by atoms with Crippen LogP contribution in [0.15, 0.2) is 68.4 Å². The van der Waals surface area contributed by atoms with Crippen LogP contribution < -0.4 is 4.90 Å². The average molecular weight is 410 g/mol. The minimum absolute atomic E-state index is 0.0615. The van der Waals surface area contributed by atoms with Gasteiger partial charge in [0.15, 0.2) is 5.17 Å². The van der Waals surface area contributed by atoms with Crippen LogP contribution in [0.5, 0.6) is 0 Å². The molecule has 2 aromatic rings. The molecule has 2 aliphatic rings. The summed E-state index contributed by atoms with van der Waals surface area (Å²) < 4.78 is 0. The highest BCUT2D eigenvalue weighted by molar-refractivity contribution is 8.19. The number of carbonyl (C=O) groups excluding carboxylic acids is 1. The van der Waals surface area contributed by atoms with E-state index in [1.165, 1.54) is 22.2 Å². The Labute approximate surface area is 174 Å². The van der Waals surface area contributed by atoms with E-state index in [1.54, 1.807) is 11.8 Å². The van der Waals surface area contributed by atoms with Crippen molar-refractivity contribution in [3.63, 3.8) is 0 Å². The Hall–Kier alpha value is -2.18. The van der Waals surface area contributed by atoms with Crippen molar-refractivity contribution in [2.24, 2.45) is 4.99 Å². The summed E-state index contributed by atoms with van der Waals surface area (Å²) in [5.74, 6) is 0.0615. The Kier molecular flexibility index (Phi) is 5.51. The maximum atomic E-state index is 13.3. The van der Waals surface area contributed by atoms with Crippen LogP contribution in [0.1, 0.15) is 25.3 Å². The Balaban J connectivity index is 1.71. The first-order valence-electron chi connectivity index (χ1n) is 9.48. The zero-order chi connectivity index (χ0) is 19.7. The number of thioether (sulfide) groups is 2. The van der Waals surface area contributed by atoms with Gasteiger partial charge in [0.25, 0.3) is 5.91 Å². The Morgan fingerprint density at radius 1 is 1.04 bits per heavy atom. The van der Waals surface area contributed by atoms with Gasteiger partial charge in [0.1, 0.15) is 4.91 Å². The molecule has 0 atom stereocenters. The number of unbranched alkanes of at least 4 members (excludes halogenated alkanes) is 1. The van der Waals surface area contributed by atoms with E-state index >= 15 is 0 Å². The fraction of sp³-hybridized carbons (Fsp3) is 0.273. The van der Waals surface area contributed by atoms with Crippen molar-refractivity contribution in [3.8, 4) is 0 Å². The monoisotopic (exact) mass is 409 g/mol. The molecule has 0 radical (unpaired) electrons. The molecule has 2 aromatic carbocycles. The number of hydrogen-bond donors (Lipinski definition) is 0. The van der Waals surface area contributed by atoms with Crippen LogP contribution >= 0.6 is 23.5 Å². The standard InChI is InChI=1S/C22H23N3OS2/c1-4-5-14-25-20(26)19(21-24(3)17-8-6-7-9-18(17)27-21)28-22(25)23-16-12-10-15(2)11-13-16/h6-13H,4-5,14H2,1-3H3. The maximum absolute atomic E-state index is 13.3. The fourth-order valence-corrected chi connectivity index (χ4v) is 5.53. The number of amidine groups is 1. The lowest BCUT2D eigenvalue weighted by Gasteiger charge is -2.16. The first-order chi connectivity index (χ1) is 13.6. The molecule has 1 amide bonds. The van der Waals surface area contributed by atoms with Crippen LogP contribution in [0, 0.1) is 6.92 Å². The van der Waals surface area contributed by atoms with Crippen LogP contribution in [0.2, 0.25) is 0 Å². The summed E-state index contributed by atoms with van der Waals surface area (Å²) in [5.41, 5.74) is 3.23. The molecule has 28 heavy (non-hydrogen) atoms. The number of carbonyl (C=O) groups is 1. The normalized spacial score (nSPS) is 20.4. The topological polar surface area (TPSA) is 35.9 Å². The molecule has 4 nitrogen and oxygen atoms in total. The third kappa shape index (κ3) is 3.59. The fourth-order valence-electron chi connectivity index (χ4n) is 3.16. The first-order valence-corrected chi connectivity index (χ1v) is 11.1. The van der Waals surface area contributed by atoms with Gasteiger partial charge in [-0.3, -0.25) is 9.69 Å². The minimum atomic E-state index is 0.0615. The number of benzene rings is 2. The Morgan fingerprint density at radius 2 is 1.79 bits per heavy atom. The zero-order valence-corrected chi connectivity index (χ0v) is 17.9. The number of hydrogen-bond acceptors (Lipinski definition) is 5. The predicted molar refractivity (Wildman–Crippen MR) is 120 cm³/mol. The lowest BCUT2D eigenvalue weighted by Crippen LogP contribution is -2.30. The molecule has 1 fully saturated rings. The maximum Gasteiger partial charge on any atom is 0.269 e. The lowest BCUT2D eigenvalue weighted by molar-refractivity contribution is -0.122. The summed E-state index contributed by atoms with van der Waals surface area (Å²) in [6.45, 7) is 4.90. The second-order valence-electron chi connectivity index (χ2n) is 6.91. The Morgan fingerprint density at radius 3 is 2.50 bits per heavy atom. The molecule has 0 bridgehead atoms. The van der Waals surface area contributed by atoms with Crippen LogP contribution in [-0.2, 0) is 4.79 Å². The molecular formula is C22H23N3OS2. The third-order valence-corrected chi connectivity index (χ3v) is 7.22. The molecule has 0 spiro atoms. The predicted octanol–water partition coefficient (Wildman–Crippen LogP) is 5.77. The molecule has 2 heterocycles. The van der Waals surface area contributed by atoms with Gasteiger partial charge in [-0.2, -0.15) is 0 Å². The number of aryl methyl sites for hydroxylation is 1. The minimum Gasteiger partial charge on any atom is -0.337 e. The van der Waals surface area contributed by atoms with Gasteiger partial charge in [-0.1, -0.05) is 54.9 Å². The van der Waals surface area contributed by atoms with Crippen LogP contribution in [0.25, 0.3) is 0 Å². The Bertz CT molecular complexity index is 966. The van der Waals surface area contributed by atoms with E-state index in [-0.39, 0.29) is 5.91 Å². The second-order valence-corrected chi connectivity index (χ2v) is 8.91. The van der Waals surface area contributed by atoms with E-state index in [4.69, 9.17) is 4.99 Å². The lowest BCUT2D eigenvalue weighted by atomic mass is 10.2. The van der Waals surface area contributed by atoms with Crippen molar-refractivity contribution < 1.29 is 4.79 Å². The molecule has 0 saturated carbocycles. The van der Waals surface area contributed by atoms with Gasteiger partial charge in [0.2, 0.25) is 0 Å². The molecule has 0 unspecified atom stereocenters. The molecule has 0 aliphatic carbocycles. The van der Waals surface area contributed by atoms with Crippen LogP contribution in [0.3, 0.4) is 0 Å². The molecule has 0 aromatic heterocycles. The van der Waals surface area contributed by atoms with E-state index in [0.717, 1.165) is 39.3 Å². The quantitative estimate of drug-likeness (QED) is 0.601. The van der Waals surface area contributed by atoms with Crippen LogP contribution in [0.4, 0.5) is 11.4 Å². The van der Waals surface area contributed by atoms with E-state index in [1.807, 2.05) is 48.3 Å². The highest BCUT2D eigenvalue weighted by atomic mass is 32.2. The average Bonchev–Trinajstić information content (AvgIpc) is 3.19. The summed E-state index contributed by atoms with van der Waals surface area (Å²) in [6, 6.07) is 16.4. The smallest absolute Gasteiger partial charge is 0.269 e. The van der Waals surface area contributed by atoms with E-state index in [0.29, 0.717) is 6.54 Å². The van der Waals surface area contributed by atoms with Crippen molar-refractivity contribution in [3.05, 3.63) is 64.0 Å². The van der Waals surface area contributed by atoms with Gasteiger partial charge in [-0.25, -0.2) is 4.99 Å². The van der Waals surface area contributed by atoms with Crippen LogP contribution in [-0.4, -0.2) is 29.6 Å². The number of rotatable bonds is 4. The third-order valence-electron chi connectivity index (χ3n) is 4.79. The van der Waals surface area contributed by atoms with Crippen molar-refractivity contribution in [2.45, 2.75) is 31.6 Å². The van der Waals surface area contributed by atoms with Crippen molar-refractivity contribution in [1.82, 2.24) is 4.90 Å². The van der Waals surface area contributed by atoms with Gasteiger partial charge in [-0.15, -0.1) is 0 Å². The first kappa shape index (κ1) is 19.2. The largest absolute Gasteiger partial charge is 0.337 e. The van der Waals surface area contributed by atoms with E-state index in [2.05, 4.69) is 30.9 Å². The SMILES string of the molecule is CCCCN1C(=O)C(=C2Sc3ccccc3N2C)SC1=Nc1ccc(C)cc1. The number of nitrogens with zero attached hydrogens (tertiary/aromatic N) is 3. The highest BCUT2D eigenvalue weighted by Gasteiger charge is 2.38. The van der Waals surface area contributed by atoms with Gasteiger partial charge >= 0.3 is 0 Å². The molecule has 6 heteroatoms. The zero-order valence-electron chi connectivity index (χ0n) is 16.3. The molecule has 1 saturated heterocycles. The van der Waals surface area contributed by atoms with E-state index in [9.17, 15) is 4.79 Å². The summed E-state index contributed by atoms with van der Waals surface area (Å²) in [5, 5.41) is 1.77. The number of anilines is 1.